The van der Waals surface area contributed by atoms with Crippen molar-refractivity contribution in [1.29, 1.82) is 5.41 Å². The first-order chi connectivity index (χ1) is 16.0. The van der Waals surface area contributed by atoms with E-state index in [1.807, 2.05) is 44.2 Å². The molecule has 2 N–H and O–H groups in total. The Morgan fingerprint density at radius 1 is 1.18 bits per heavy atom. The summed E-state index contributed by atoms with van der Waals surface area (Å²) >= 11 is 0. The summed E-state index contributed by atoms with van der Waals surface area (Å²) in [6.07, 6.45) is 2.27. The van der Waals surface area contributed by atoms with Crippen LogP contribution < -0.4 is 16.4 Å². The SMILES string of the molecule is CCOCCCn1c(=N)c(C(=O)N[C@@H](C)c2ccccc2)cc2c(=O)n3ccccc3nc21. The lowest BCUT2D eigenvalue weighted by molar-refractivity contribution is 0.0937. The molecule has 0 aliphatic heterocycles. The number of pyridine rings is 2. The Balaban J connectivity index is 1.82. The van der Waals surface area contributed by atoms with E-state index in [4.69, 9.17) is 10.1 Å². The van der Waals surface area contributed by atoms with Crippen LogP contribution in [0.25, 0.3) is 16.7 Å². The third-order valence-electron chi connectivity index (χ3n) is 5.58. The molecule has 0 aliphatic carbocycles. The van der Waals surface area contributed by atoms with E-state index in [-0.39, 0.29) is 22.7 Å². The molecular weight excluding hydrogens is 418 g/mol. The predicted molar refractivity (Wildman–Crippen MR) is 126 cm³/mol. The largest absolute Gasteiger partial charge is 0.382 e. The first-order valence-corrected chi connectivity index (χ1v) is 11.0. The molecule has 8 nitrogen and oxygen atoms in total. The second-order valence-corrected chi connectivity index (χ2v) is 7.80. The lowest BCUT2D eigenvalue weighted by Crippen LogP contribution is -2.36. The quantitative estimate of drug-likeness (QED) is 0.321. The lowest BCUT2D eigenvalue weighted by Gasteiger charge is -2.17. The number of carbonyl (C=O) groups excluding carboxylic acids is 1. The van der Waals surface area contributed by atoms with Gasteiger partial charge in [-0.25, -0.2) is 4.98 Å². The maximum Gasteiger partial charge on any atom is 0.267 e. The van der Waals surface area contributed by atoms with Gasteiger partial charge in [0.1, 0.15) is 16.8 Å². The normalized spacial score (nSPS) is 12.2. The molecule has 4 rings (SSSR count). The van der Waals surface area contributed by atoms with Crippen molar-refractivity contribution in [2.75, 3.05) is 13.2 Å². The molecule has 3 aromatic heterocycles. The summed E-state index contributed by atoms with van der Waals surface area (Å²) in [6.45, 7) is 5.33. The summed E-state index contributed by atoms with van der Waals surface area (Å²) < 4.78 is 8.52. The third kappa shape index (κ3) is 4.56. The van der Waals surface area contributed by atoms with Crippen LogP contribution in [0.2, 0.25) is 0 Å². The number of hydrogen-bond donors (Lipinski definition) is 2. The first-order valence-electron chi connectivity index (χ1n) is 11.0. The van der Waals surface area contributed by atoms with Crippen LogP contribution in [0.3, 0.4) is 0 Å². The smallest absolute Gasteiger partial charge is 0.267 e. The molecule has 1 aromatic carbocycles. The molecule has 0 aliphatic rings. The molecule has 0 saturated carbocycles. The van der Waals surface area contributed by atoms with E-state index in [9.17, 15) is 9.59 Å². The fourth-order valence-corrected chi connectivity index (χ4v) is 3.85. The number of aryl methyl sites for hydroxylation is 1. The van der Waals surface area contributed by atoms with Gasteiger partial charge in [0, 0.05) is 26.0 Å². The lowest BCUT2D eigenvalue weighted by atomic mass is 10.1. The molecule has 1 amide bonds. The van der Waals surface area contributed by atoms with Crippen LogP contribution in [0.15, 0.2) is 65.6 Å². The van der Waals surface area contributed by atoms with Gasteiger partial charge in [-0.1, -0.05) is 36.4 Å². The van der Waals surface area contributed by atoms with E-state index in [2.05, 4.69) is 10.3 Å². The van der Waals surface area contributed by atoms with Gasteiger partial charge in [0.2, 0.25) is 0 Å². The Morgan fingerprint density at radius 3 is 2.70 bits per heavy atom. The standard InChI is InChI=1S/C25H27N5O3/c1-3-33-15-9-14-30-22(26)19(24(31)27-17(2)18-10-5-4-6-11-18)16-20-23(30)28-21-12-7-8-13-29(21)25(20)32/h4-8,10-13,16-17,26H,3,9,14-15H2,1-2H3,(H,27,31)/t17-/m0/s1. The Labute approximate surface area is 191 Å². The van der Waals surface area contributed by atoms with Crippen LogP contribution in [0.5, 0.6) is 0 Å². The molecular formula is C25H27N5O3. The van der Waals surface area contributed by atoms with E-state index in [0.29, 0.717) is 42.9 Å². The number of aromatic nitrogens is 3. The molecule has 0 saturated heterocycles. The zero-order chi connectivity index (χ0) is 23.4. The van der Waals surface area contributed by atoms with Crippen molar-refractivity contribution in [1.82, 2.24) is 19.3 Å². The van der Waals surface area contributed by atoms with Gasteiger partial charge in [-0.3, -0.25) is 19.4 Å². The number of rotatable bonds is 8. The topological polar surface area (TPSA) is 101 Å². The van der Waals surface area contributed by atoms with Gasteiger partial charge in [-0.05, 0) is 44.0 Å². The zero-order valence-electron chi connectivity index (χ0n) is 18.7. The molecule has 1 atom stereocenters. The average Bonchev–Trinajstić information content (AvgIpc) is 2.83. The van der Waals surface area contributed by atoms with Gasteiger partial charge in [0.05, 0.1) is 17.0 Å². The van der Waals surface area contributed by atoms with Crippen LogP contribution in [0, 0.1) is 5.41 Å². The van der Waals surface area contributed by atoms with Gasteiger partial charge in [-0.15, -0.1) is 0 Å². The molecule has 33 heavy (non-hydrogen) atoms. The molecule has 0 unspecified atom stereocenters. The number of carbonyl (C=O) groups is 1. The summed E-state index contributed by atoms with van der Waals surface area (Å²) in [5.41, 5.74) is 1.71. The van der Waals surface area contributed by atoms with Crippen molar-refractivity contribution < 1.29 is 9.53 Å². The Hall–Kier alpha value is -3.78. The molecule has 170 valence electrons. The van der Waals surface area contributed by atoms with E-state index < -0.39 is 5.91 Å². The highest BCUT2D eigenvalue weighted by Gasteiger charge is 2.19. The minimum Gasteiger partial charge on any atom is -0.382 e. The van der Waals surface area contributed by atoms with Gasteiger partial charge < -0.3 is 14.6 Å². The van der Waals surface area contributed by atoms with E-state index in [1.165, 1.54) is 10.5 Å². The number of ether oxygens (including phenoxy) is 1. The number of benzene rings is 1. The van der Waals surface area contributed by atoms with Crippen LogP contribution in [0.4, 0.5) is 0 Å². The molecule has 8 heteroatoms. The number of fused-ring (bicyclic) bond motifs is 2. The van der Waals surface area contributed by atoms with Crippen LogP contribution in [-0.4, -0.2) is 33.1 Å². The maximum atomic E-state index is 13.2. The molecule has 0 bridgehead atoms. The van der Waals surface area contributed by atoms with Crippen LogP contribution >= 0.6 is 0 Å². The van der Waals surface area contributed by atoms with E-state index in [1.54, 1.807) is 29.0 Å². The summed E-state index contributed by atoms with van der Waals surface area (Å²) in [4.78, 5) is 31.1. The fraction of sp³-hybridized carbons (Fsp3) is 0.280. The van der Waals surface area contributed by atoms with Crippen molar-refractivity contribution in [3.8, 4) is 0 Å². The van der Waals surface area contributed by atoms with Gasteiger partial charge in [0.15, 0.2) is 0 Å². The number of nitrogens with one attached hydrogen (secondary N) is 2. The molecule has 0 fully saturated rings. The average molecular weight is 446 g/mol. The zero-order valence-corrected chi connectivity index (χ0v) is 18.7. The summed E-state index contributed by atoms with van der Waals surface area (Å²) in [7, 11) is 0. The summed E-state index contributed by atoms with van der Waals surface area (Å²) in [5, 5.41) is 12.0. The third-order valence-corrected chi connectivity index (χ3v) is 5.58. The number of amides is 1. The van der Waals surface area contributed by atoms with Gasteiger partial charge >= 0.3 is 0 Å². The van der Waals surface area contributed by atoms with Crippen molar-refractivity contribution in [3.05, 3.63) is 87.8 Å². The minimum atomic E-state index is -0.408. The molecule has 4 aromatic rings. The van der Waals surface area contributed by atoms with Crippen molar-refractivity contribution in [2.45, 2.75) is 32.9 Å². The number of hydrogen-bond acceptors (Lipinski definition) is 5. The Morgan fingerprint density at radius 2 is 1.94 bits per heavy atom. The number of nitrogens with zero attached hydrogens (tertiary/aromatic N) is 3. The predicted octanol–water partition coefficient (Wildman–Crippen LogP) is 3.05. The second kappa shape index (κ2) is 9.79. The minimum absolute atomic E-state index is 0.0175. The summed E-state index contributed by atoms with van der Waals surface area (Å²) in [5.74, 6) is -0.408. The Bertz CT molecular complexity index is 1410. The van der Waals surface area contributed by atoms with Crippen molar-refractivity contribution in [2.24, 2.45) is 0 Å². The van der Waals surface area contributed by atoms with E-state index in [0.717, 1.165) is 5.56 Å². The fourth-order valence-electron chi connectivity index (χ4n) is 3.85. The van der Waals surface area contributed by atoms with Crippen molar-refractivity contribution in [3.63, 3.8) is 0 Å². The monoisotopic (exact) mass is 445 g/mol. The van der Waals surface area contributed by atoms with Crippen LogP contribution in [0.1, 0.15) is 42.2 Å². The molecule has 0 spiro atoms. The second-order valence-electron chi connectivity index (χ2n) is 7.80. The molecule has 3 heterocycles. The molecule has 0 radical (unpaired) electrons. The van der Waals surface area contributed by atoms with Crippen LogP contribution in [-0.2, 0) is 11.3 Å². The van der Waals surface area contributed by atoms with Gasteiger partial charge in [0.25, 0.3) is 11.5 Å². The highest BCUT2D eigenvalue weighted by atomic mass is 16.5. The first kappa shape index (κ1) is 22.4. The highest BCUT2D eigenvalue weighted by Crippen LogP contribution is 2.14. The van der Waals surface area contributed by atoms with Gasteiger partial charge in [-0.2, -0.15) is 0 Å². The van der Waals surface area contributed by atoms with Crippen molar-refractivity contribution >= 4 is 22.6 Å². The van der Waals surface area contributed by atoms with E-state index >= 15 is 0 Å². The maximum absolute atomic E-state index is 13.2. The summed E-state index contributed by atoms with van der Waals surface area (Å²) in [6, 6.07) is 16.1. The highest BCUT2D eigenvalue weighted by molar-refractivity contribution is 5.97. The Kier molecular flexibility index (Phi) is 6.65.